The van der Waals surface area contributed by atoms with Gasteiger partial charge < -0.3 is 4.52 Å². The number of allylic oxidation sites excluding steroid dienone is 3. The van der Waals surface area contributed by atoms with Gasteiger partial charge in [0, 0.05) is 5.57 Å². The van der Waals surface area contributed by atoms with Crippen molar-refractivity contribution in [1.29, 1.82) is 0 Å². The Balaban J connectivity index is 2.95. The Bertz CT molecular complexity index is 236. The number of nitrogens with zero attached hydrogens (tertiary/aromatic N) is 2. The molecule has 0 aliphatic rings. The van der Waals surface area contributed by atoms with E-state index in [-0.39, 0.29) is 0 Å². The van der Waals surface area contributed by atoms with E-state index in [4.69, 9.17) is 0 Å². The van der Waals surface area contributed by atoms with Crippen LogP contribution in [0.4, 0.5) is 0 Å². The van der Waals surface area contributed by atoms with Gasteiger partial charge in [-0.3, -0.25) is 0 Å². The van der Waals surface area contributed by atoms with Crippen molar-refractivity contribution in [3.05, 3.63) is 30.9 Å². The van der Waals surface area contributed by atoms with E-state index in [1.54, 1.807) is 6.08 Å². The molecule has 0 saturated heterocycles. The van der Waals surface area contributed by atoms with Crippen LogP contribution in [-0.4, -0.2) is 10.1 Å². The van der Waals surface area contributed by atoms with Crippen LogP contribution in [0.2, 0.25) is 0 Å². The molecule has 3 heteroatoms. The molecule has 0 bridgehead atoms. The maximum absolute atomic E-state index is 4.55. The molecule has 52 valence electrons. The molecule has 10 heavy (non-hydrogen) atoms. The van der Waals surface area contributed by atoms with Crippen molar-refractivity contribution in [3.63, 3.8) is 0 Å². The number of aromatic nitrogens is 2. The van der Waals surface area contributed by atoms with Gasteiger partial charge >= 0.3 is 0 Å². The standard InChI is InChI=1S/C7H8N2O/c1-3-6(4-2)7-8-5-10-9-7/h3-5H,1H2,2H3. The Hall–Kier alpha value is -1.38. The maximum Gasteiger partial charge on any atom is 0.214 e. The fraction of sp³-hybridized carbons (Fsp3) is 0.143. The van der Waals surface area contributed by atoms with Crippen LogP contribution in [0, 0.1) is 0 Å². The van der Waals surface area contributed by atoms with E-state index < -0.39 is 0 Å². The van der Waals surface area contributed by atoms with Crippen LogP contribution in [-0.2, 0) is 0 Å². The molecule has 0 saturated carbocycles. The minimum atomic E-state index is 0.581. The molecule has 1 aromatic heterocycles. The fourth-order valence-corrected chi connectivity index (χ4v) is 0.636. The van der Waals surface area contributed by atoms with Crippen molar-refractivity contribution < 1.29 is 4.52 Å². The van der Waals surface area contributed by atoms with Gasteiger partial charge in [-0.1, -0.05) is 23.9 Å². The molecule has 0 aliphatic heterocycles. The highest BCUT2D eigenvalue weighted by Gasteiger charge is 1.99. The Morgan fingerprint density at radius 3 is 3.00 bits per heavy atom. The summed E-state index contributed by atoms with van der Waals surface area (Å²) in [7, 11) is 0. The third-order valence-corrected chi connectivity index (χ3v) is 1.15. The molecule has 0 fully saturated rings. The first-order chi connectivity index (χ1) is 4.88. The highest BCUT2D eigenvalue weighted by molar-refractivity contribution is 5.67. The van der Waals surface area contributed by atoms with Gasteiger partial charge in [-0.2, -0.15) is 4.98 Å². The minimum Gasteiger partial charge on any atom is -0.342 e. The number of hydrogen-bond acceptors (Lipinski definition) is 3. The first kappa shape index (κ1) is 6.74. The summed E-state index contributed by atoms with van der Waals surface area (Å²) in [6.07, 6.45) is 4.85. The van der Waals surface area contributed by atoms with Crippen molar-refractivity contribution >= 4 is 5.57 Å². The summed E-state index contributed by atoms with van der Waals surface area (Å²) in [5.74, 6) is 0.581. The van der Waals surface area contributed by atoms with Crippen LogP contribution >= 0.6 is 0 Å². The fourth-order valence-electron chi connectivity index (χ4n) is 0.636. The Kier molecular flexibility index (Phi) is 1.99. The molecule has 0 unspecified atom stereocenters. The predicted octanol–water partition coefficient (Wildman–Crippen LogP) is 1.66. The lowest BCUT2D eigenvalue weighted by Gasteiger charge is -1.88. The van der Waals surface area contributed by atoms with Crippen molar-refractivity contribution in [3.8, 4) is 0 Å². The minimum absolute atomic E-state index is 0.581. The zero-order valence-electron chi connectivity index (χ0n) is 5.74. The first-order valence-electron chi connectivity index (χ1n) is 2.94. The molecule has 0 aromatic carbocycles. The molecule has 0 amide bonds. The van der Waals surface area contributed by atoms with E-state index in [9.17, 15) is 0 Å². The molecular formula is C7H8N2O. The second-order valence-corrected chi connectivity index (χ2v) is 1.70. The van der Waals surface area contributed by atoms with Gasteiger partial charge in [0.25, 0.3) is 0 Å². The van der Waals surface area contributed by atoms with Crippen LogP contribution in [0.5, 0.6) is 0 Å². The molecule has 0 aliphatic carbocycles. The van der Waals surface area contributed by atoms with Crippen LogP contribution in [0.3, 0.4) is 0 Å². The molecule has 0 radical (unpaired) electrons. The topological polar surface area (TPSA) is 38.9 Å². The highest BCUT2D eigenvalue weighted by Crippen LogP contribution is 2.07. The quantitative estimate of drug-likeness (QED) is 0.580. The Labute approximate surface area is 59.1 Å². The van der Waals surface area contributed by atoms with Gasteiger partial charge in [0.15, 0.2) is 0 Å². The highest BCUT2D eigenvalue weighted by atomic mass is 16.5. The molecule has 1 rings (SSSR count). The van der Waals surface area contributed by atoms with E-state index in [1.807, 2.05) is 13.0 Å². The Morgan fingerprint density at radius 2 is 2.60 bits per heavy atom. The number of hydrogen-bond donors (Lipinski definition) is 0. The van der Waals surface area contributed by atoms with Gasteiger partial charge in [-0.15, -0.1) is 0 Å². The van der Waals surface area contributed by atoms with Crippen LogP contribution in [0.25, 0.3) is 5.57 Å². The van der Waals surface area contributed by atoms with Gasteiger partial charge in [0.1, 0.15) is 0 Å². The van der Waals surface area contributed by atoms with Gasteiger partial charge in [-0.25, -0.2) is 0 Å². The number of rotatable bonds is 2. The smallest absolute Gasteiger partial charge is 0.214 e. The van der Waals surface area contributed by atoms with Gasteiger partial charge in [-0.05, 0) is 6.92 Å². The van der Waals surface area contributed by atoms with E-state index in [0.29, 0.717) is 5.82 Å². The van der Waals surface area contributed by atoms with Crippen LogP contribution in [0.15, 0.2) is 29.6 Å². The van der Waals surface area contributed by atoms with Crippen LogP contribution in [0.1, 0.15) is 12.7 Å². The van der Waals surface area contributed by atoms with Gasteiger partial charge in [0.05, 0.1) is 0 Å². The summed E-state index contributed by atoms with van der Waals surface area (Å²) in [6.45, 7) is 5.49. The van der Waals surface area contributed by atoms with E-state index in [0.717, 1.165) is 5.57 Å². The summed E-state index contributed by atoms with van der Waals surface area (Å²) in [4.78, 5) is 3.84. The molecule has 3 nitrogen and oxygen atoms in total. The second kappa shape index (κ2) is 2.96. The van der Waals surface area contributed by atoms with E-state index in [2.05, 4.69) is 21.2 Å². The van der Waals surface area contributed by atoms with Crippen molar-refractivity contribution in [2.75, 3.05) is 0 Å². The maximum atomic E-state index is 4.55. The molecule has 0 N–H and O–H groups in total. The first-order valence-corrected chi connectivity index (χ1v) is 2.94. The molecule has 1 aromatic rings. The Morgan fingerprint density at radius 1 is 1.80 bits per heavy atom. The zero-order chi connectivity index (χ0) is 7.40. The molecule has 0 spiro atoms. The average Bonchev–Trinajstić information content (AvgIpc) is 2.43. The lowest BCUT2D eigenvalue weighted by atomic mass is 10.2. The average molecular weight is 136 g/mol. The summed E-state index contributed by atoms with van der Waals surface area (Å²) in [5.41, 5.74) is 0.883. The van der Waals surface area contributed by atoms with Gasteiger partial charge in [0.2, 0.25) is 12.2 Å². The molecular weight excluding hydrogens is 128 g/mol. The molecule has 1 heterocycles. The lowest BCUT2D eigenvalue weighted by Crippen LogP contribution is -1.81. The summed E-state index contributed by atoms with van der Waals surface area (Å²) < 4.78 is 4.55. The third-order valence-electron chi connectivity index (χ3n) is 1.15. The van der Waals surface area contributed by atoms with Crippen molar-refractivity contribution in [2.45, 2.75) is 6.92 Å². The van der Waals surface area contributed by atoms with Crippen LogP contribution < -0.4 is 0 Å². The molecule has 0 atom stereocenters. The normalized spacial score (nSPS) is 11.5. The van der Waals surface area contributed by atoms with E-state index in [1.165, 1.54) is 6.39 Å². The third kappa shape index (κ3) is 1.13. The largest absolute Gasteiger partial charge is 0.342 e. The summed E-state index contributed by atoms with van der Waals surface area (Å²) >= 11 is 0. The monoisotopic (exact) mass is 136 g/mol. The summed E-state index contributed by atoms with van der Waals surface area (Å²) in [6, 6.07) is 0. The predicted molar refractivity (Wildman–Crippen MR) is 38.1 cm³/mol. The summed E-state index contributed by atoms with van der Waals surface area (Å²) in [5, 5.41) is 3.63. The SMILES string of the molecule is C=CC(=CC)c1ncon1. The second-order valence-electron chi connectivity index (χ2n) is 1.70. The lowest BCUT2D eigenvalue weighted by molar-refractivity contribution is 0.415. The zero-order valence-corrected chi connectivity index (χ0v) is 5.74. The van der Waals surface area contributed by atoms with Crippen molar-refractivity contribution in [2.24, 2.45) is 0 Å². The van der Waals surface area contributed by atoms with Crippen molar-refractivity contribution in [1.82, 2.24) is 10.1 Å². The van der Waals surface area contributed by atoms with E-state index >= 15 is 0 Å².